The summed E-state index contributed by atoms with van der Waals surface area (Å²) in [5.41, 5.74) is 0. The molecule has 0 amide bonds. The second-order valence-corrected chi connectivity index (χ2v) is 4.41. The van der Waals surface area contributed by atoms with Crippen molar-refractivity contribution in [1.82, 2.24) is 4.31 Å². The van der Waals surface area contributed by atoms with Gasteiger partial charge in [0, 0.05) is 13.1 Å². The summed E-state index contributed by atoms with van der Waals surface area (Å²) in [6, 6.07) is 0.0556. The van der Waals surface area contributed by atoms with Crippen LogP contribution in [0.3, 0.4) is 0 Å². The summed E-state index contributed by atoms with van der Waals surface area (Å²) in [5, 5.41) is 0. The van der Waals surface area contributed by atoms with E-state index in [4.69, 9.17) is 0 Å². The molecule has 9 heavy (non-hydrogen) atoms. The SMILES string of the molecule is CC(C)N(C)S(C)(=O)=O. The van der Waals surface area contributed by atoms with Gasteiger partial charge < -0.3 is 0 Å². The standard InChI is InChI=1S/C5H13NO2S/c1-5(2)6(3)9(4,7)8/h5H,1-4H3. The molecule has 0 spiro atoms. The maximum atomic E-state index is 10.7. The van der Waals surface area contributed by atoms with E-state index in [0.717, 1.165) is 0 Å². The Morgan fingerprint density at radius 3 is 1.67 bits per heavy atom. The molecule has 0 N–H and O–H groups in total. The van der Waals surface area contributed by atoms with Crippen LogP contribution in [0.25, 0.3) is 0 Å². The number of sulfonamides is 1. The Kier molecular flexibility index (Phi) is 2.64. The molecular weight excluding hydrogens is 138 g/mol. The van der Waals surface area contributed by atoms with Gasteiger partial charge in [-0.25, -0.2) is 12.7 Å². The van der Waals surface area contributed by atoms with Gasteiger partial charge in [0.15, 0.2) is 0 Å². The first-order valence-electron chi connectivity index (χ1n) is 2.78. The summed E-state index contributed by atoms with van der Waals surface area (Å²) in [6.07, 6.45) is 1.20. The third-order valence-electron chi connectivity index (χ3n) is 1.25. The van der Waals surface area contributed by atoms with E-state index in [9.17, 15) is 8.42 Å². The van der Waals surface area contributed by atoms with E-state index in [0.29, 0.717) is 0 Å². The van der Waals surface area contributed by atoms with Gasteiger partial charge in [-0.05, 0) is 13.8 Å². The predicted octanol–water partition coefficient (Wildman–Crippen LogP) is 0.286. The van der Waals surface area contributed by atoms with E-state index in [-0.39, 0.29) is 6.04 Å². The van der Waals surface area contributed by atoms with Gasteiger partial charge >= 0.3 is 0 Å². The highest BCUT2D eigenvalue weighted by atomic mass is 32.2. The lowest BCUT2D eigenvalue weighted by molar-refractivity contribution is 0.414. The monoisotopic (exact) mass is 151 g/mol. The molecule has 0 radical (unpaired) electrons. The average Bonchev–Trinajstić information content (AvgIpc) is 1.62. The minimum atomic E-state index is -2.97. The van der Waals surface area contributed by atoms with Gasteiger partial charge in [0.05, 0.1) is 6.26 Å². The number of hydrogen-bond acceptors (Lipinski definition) is 2. The molecule has 0 saturated carbocycles. The van der Waals surface area contributed by atoms with Crippen LogP contribution in [0.5, 0.6) is 0 Å². The van der Waals surface area contributed by atoms with E-state index >= 15 is 0 Å². The van der Waals surface area contributed by atoms with Gasteiger partial charge in [0.2, 0.25) is 10.0 Å². The van der Waals surface area contributed by atoms with Crippen molar-refractivity contribution in [3.05, 3.63) is 0 Å². The first kappa shape index (κ1) is 8.91. The fourth-order valence-corrected chi connectivity index (χ4v) is 1.15. The Morgan fingerprint density at radius 2 is 1.67 bits per heavy atom. The molecule has 0 bridgehead atoms. The Hall–Kier alpha value is -0.0900. The highest BCUT2D eigenvalue weighted by Crippen LogP contribution is 1.98. The van der Waals surface area contributed by atoms with Crippen molar-refractivity contribution in [2.45, 2.75) is 19.9 Å². The van der Waals surface area contributed by atoms with Gasteiger partial charge in [-0.2, -0.15) is 0 Å². The molecule has 0 aromatic heterocycles. The summed E-state index contributed by atoms with van der Waals surface area (Å²) < 4.78 is 22.7. The molecule has 0 aliphatic carbocycles. The summed E-state index contributed by atoms with van der Waals surface area (Å²) in [7, 11) is -1.40. The first-order chi connectivity index (χ1) is 3.85. The van der Waals surface area contributed by atoms with Gasteiger partial charge in [0.25, 0.3) is 0 Å². The minimum Gasteiger partial charge on any atom is -0.213 e. The third kappa shape index (κ3) is 2.81. The van der Waals surface area contributed by atoms with Crippen LogP contribution < -0.4 is 0 Å². The third-order valence-corrected chi connectivity index (χ3v) is 2.72. The molecule has 0 aliphatic heterocycles. The van der Waals surface area contributed by atoms with Crippen LogP contribution >= 0.6 is 0 Å². The van der Waals surface area contributed by atoms with Gasteiger partial charge in [0.1, 0.15) is 0 Å². The maximum Gasteiger partial charge on any atom is 0.211 e. The van der Waals surface area contributed by atoms with Crippen LogP contribution in [0.15, 0.2) is 0 Å². The molecule has 0 rings (SSSR count). The zero-order chi connectivity index (χ0) is 7.65. The van der Waals surface area contributed by atoms with Gasteiger partial charge in [-0.15, -0.1) is 0 Å². The van der Waals surface area contributed by atoms with Crippen molar-refractivity contribution >= 4 is 10.0 Å². The number of nitrogens with zero attached hydrogens (tertiary/aromatic N) is 1. The Morgan fingerprint density at radius 1 is 1.33 bits per heavy atom. The molecule has 56 valence electrons. The van der Waals surface area contributed by atoms with Crippen LogP contribution in [0.2, 0.25) is 0 Å². The van der Waals surface area contributed by atoms with E-state index < -0.39 is 10.0 Å². The topological polar surface area (TPSA) is 37.4 Å². The summed E-state index contributed by atoms with van der Waals surface area (Å²) in [4.78, 5) is 0. The largest absolute Gasteiger partial charge is 0.213 e. The summed E-state index contributed by atoms with van der Waals surface area (Å²) >= 11 is 0. The van der Waals surface area contributed by atoms with Crippen LogP contribution in [0.4, 0.5) is 0 Å². The highest BCUT2D eigenvalue weighted by Gasteiger charge is 2.12. The number of rotatable bonds is 2. The molecule has 0 aliphatic rings. The molecule has 0 aromatic rings. The molecule has 0 aromatic carbocycles. The summed E-state index contributed by atoms with van der Waals surface area (Å²) in [6.45, 7) is 3.67. The molecular formula is C5H13NO2S. The molecule has 0 unspecified atom stereocenters. The fraction of sp³-hybridized carbons (Fsp3) is 1.00. The van der Waals surface area contributed by atoms with Crippen molar-refractivity contribution in [2.75, 3.05) is 13.3 Å². The lowest BCUT2D eigenvalue weighted by Crippen LogP contribution is -2.31. The second-order valence-electron chi connectivity index (χ2n) is 2.37. The fourth-order valence-electron chi connectivity index (χ4n) is 0.383. The zero-order valence-electron chi connectivity index (χ0n) is 6.25. The van der Waals surface area contributed by atoms with Crippen molar-refractivity contribution < 1.29 is 8.42 Å². The molecule has 0 atom stereocenters. The van der Waals surface area contributed by atoms with Crippen molar-refractivity contribution in [1.29, 1.82) is 0 Å². The molecule has 4 heteroatoms. The molecule has 3 nitrogen and oxygen atoms in total. The Bertz CT molecular complexity index is 171. The van der Waals surface area contributed by atoms with Crippen LogP contribution in [-0.4, -0.2) is 32.1 Å². The van der Waals surface area contributed by atoms with E-state index in [1.165, 1.54) is 10.6 Å². The lowest BCUT2D eigenvalue weighted by atomic mass is 10.4. The smallest absolute Gasteiger partial charge is 0.211 e. The number of hydrogen-bond donors (Lipinski definition) is 0. The van der Waals surface area contributed by atoms with Crippen molar-refractivity contribution in [3.63, 3.8) is 0 Å². The Balaban J connectivity index is 4.24. The average molecular weight is 151 g/mol. The summed E-state index contributed by atoms with van der Waals surface area (Å²) in [5.74, 6) is 0. The molecule has 0 saturated heterocycles. The van der Waals surface area contributed by atoms with Gasteiger partial charge in [-0.3, -0.25) is 0 Å². The van der Waals surface area contributed by atoms with Gasteiger partial charge in [-0.1, -0.05) is 0 Å². The predicted molar refractivity (Wildman–Crippen MR) is 37.7 cm³/mol. The molecule has 0 heterocycles. The van der Waals surface area contributed by atoms with Crippen LogP contribution in [0.1, 0.15) is 13.8 Å². The first-order valence-corrected chi connectivity index (χ1v) is 4.63. The van der Waals surface area contributed by atoms with Crippen LogP contribution in [0, 0.1) is 0 Å². The highest BCUT2D eigenvalue weighted by molar-refractivity contribution is 7.88. The quantitative estimate of drug-likeness (QED) is 0.568. The maximum absolute atomic E-state index is 10.7. The van der Waals surface area contributed by atoms with E-state index in [1.54, 1.807) is 7.05 Å². The Labute approximate surface area is 56.7 Å². The normalized spacial score (nSPS) is 13.1. The van der Waals surface area contributed by atoms with E-state index in [2.05, 4.69) is 0 Å². The van der Waals surface area contributed by atoms with E-state index in [1.807, 2.05) is 13.8 Å². The zero-order valence-corrected chi connectivity index (χ0v) is 7.07. The van der Waals surface area contributed by atoms with Crippen molar-refractivity contribution in [2.24, 2.45) is 0 Å². The molecule has 0 fully saturated rings. The van der Waals surface area contributed by atoms with Crippen LogP contribution in [-0.2, 0) is 10.0 Å². The minimum absolute atomic E-state index is 0.0556. The second kappa shape index (κ2) is 2.66. The van der Waals surface area contributed by atoms with Crippen molar-refractivity contribution in [3.8, 4) is 0 Å². The lowest BCUT2D eigenvalue weighted by Gasteiger charge is -2.17.